The van der Waals surface area contributed by atoms with Crippen molar-refractivity contribution >= 4 is 34.7 Å². The molecule has 1 atom stereocenters. The number of nitrogens with one attached hydrogen (secondary N) is 3. The molecule has 2 aliphatic rings. The summed E-state index contributed by atoms with van der Waals surface area (Å²) in [7, 11) is 1.69. The molecule has 2 fully saturated rings. The fourth-order valence-corrected chi connectivity index (χ4v) is 4.31. The van der Waals surface area contributed by atoms with Crippen LogP contribution in [0.5, 0.6) is 0 Å². The van der Waals surface area contributed by atoms with Crippen molar-refractivity contribution in [2.45, 2.75) is 24.9 Å². The number of carbonyl (C=O) groups is 2. The first-order valence-corrected chi connectivity index (χ1v) is 11.7. The van der Waals surface area contributed by atoms with Crippen LogP contribution in [0.15, 0.2) is 53.7 Å². The molecule has 13 heteroatoms. The van der Waals surface area contributed by atoms with Crippen molar-refractivity contribution in [2.24, 2.45) is 0 Å². The van der Waals surface area contributed by atoms with Crippen LogP contribution in [0, 0.1) is 5.82 Å². The summed E-state index contributed by atoms with van der Waals surface area (Å²) < 4.78 is 16.2. The highest BCUT2D eigenvalue weighted by atomic mass is 19.1. The van der Waals surface area contributed by atoms with Gasteiger partial charge in [-0.15, -0.1) is 5.10 Å². The van der Waals surface area contributed by atoms with Crippen LogP contribution in [0.3, 0.4) is 0 Å². The molecule has 1 aliphatic carbocycles. The predicted octanol–water partition coefficient (Wildman–Crippen LogP) is 1.30. The Labute approximate surface area is 209 Å². The zero-order chi connectivity index (χ0) is 25.7. The summed E-state index contributed by atoms with van der Waals surface area (Å²) >= 11 is 0. The zero-order valence-corrected chi connectivity index (χ0v) is 19.7. The minimum atomic E-state index is -0.567. The van der Waals surface area contributed by atoms with Crippen LogP contribution >= 0.6 is 0 Å². The number of aromatic nitrogens is 5. The van der Waals surface area contributed by atoms with Gasteiger partial charge in [0.2, 0.25) is 5.91 Å². The predicted molar refractivity (Wildman–Crippen MR) is 132 cm³/mol. The standard InChI is InChI=1S/C24H22FN9O3/c1-26-16-10-19(29-15-3-2-8-32(23(15)36)20-9-13(25)6-7-27-20)31-34-18(11-28-21(16)34)22(35)30-17-12-33(24(17)37)14-4-5-14/h2-3,6-11,14,17,26H,4-5,12H2,1H3,(H,29,31)(H,30,35)/t17-/m1/s1. The van der Waals surface area contributed by atoms with E-state index in [1.165, 1.54) is 33.7 Å². The molecule has 3 N–H and O–H groups in total. The lowest BCUT2D eigenvalue weighted by Crippen LogP contribution is -2.64. The van der Waals surface area contributed by atoms with E-state index in [9.17, 15) is 18.8 Å². The number of fused-ring (bicyclic) bond motifs is 1. The number of hydrogen-bond acceptors (Lipinski definition) is 8. The van der Waals surface area contributed by atoms with E-state index in [0.29, 0.717) is 23.9 Å². The van der Waals surface area contributed by atoms with Gasteiger partial charge in [0, 0.05) is 37.6 Å². The molecule has 0 spiro atoms. The maximum Gasteiger partial charge on any atom is 0.279 e. The summed E-state index contributed by atoms with van der Waals surface area (Å²) in [5, 5.41) is 13.2. The van der Waals surface area contributed by atoms with Gasteiger partial charge in [0.1, 0.15) is 23.4 Å². The summed E-state index contributed by atoms with van der Waals surface area (Å²) in [6.45, 7) is 0.494. The molecule has 0 unspecified atom stereocenters. The highest BCUT2D eigenvalue weighted by molar-refractivity contribution is 5.99. The first kappa shape index (κ1) is 22.6. The highest BCUT2D eigenvalue weighted by Gasteiger charge is 2.45. The van der Waals surface area contributed by atoms with Gasteiger partial charge in [-0.25, -0.2) is 18.9 Å². The number of anilines is 3. The van der Waals surface area contributed by atoms with Crippen LogP contribution in [-0.4, -0.2) is 66.5 Å². The van der Waals surface area contributed by atoms with Crippen molar-refractivity contribution in [3.8, 4) is 5.82 Å². The van der Waals surface area contributed by atoms with Gasteiger partial charge in [0.15, 0.2) is 17.2 Å². The lowest BCUT2D eigenvalue weighted by atomic mass is 10.1. The molecule has 5 heterocycles. The Bertz CT molecular complexity index is 1610. The fourth-order valence-electron chi connectivity index (χ4n) is 4.31. The van der Waals surface area contributed by atoms with E-state index in [1.807, 2.05) is 0 Å². The van der Waals surface area contributed by atoms with Gasteiger partial charge in [-0.3, -0.25) is 19.0 Å². The van der Waals surface area contributed by atoms with E-state index < -0.39 is 23.3 Å². The number of nitrogens with zero attached hydrogens (tertiary/aromatic N) is 6. The average Bonchev–Trinajstić information content (AvgIpc) is 3.63. The minimum Gasteiger partial charge on any atom is -0.385 e. The molecule has 6 rings (SSSR count). The monoisotopic (exact) mass is 503 g/mol. The Morgan fingerprint density at radius 2 is 1.97 bits per heavy atom. The van der Waals surface area contributed by atoms with Crippen molar-refractivity contribution in [1.82, 2.24) is 34.4 Å². The third-order valence-corrected chi connectivity index (χ3v) is 6.39. The second-order valence-corrected chi connectivity index (χ2v) is 8.87. The van der Waals surface area contributed by atoms with E-state index in [2.05, 4.69) is 31.0 Å². The van der Waals surface area contributed by atoms with E-state index in [-0.39, 0.29) is 28.9 Å². The van der Waals surface area contributed by atoms with Crippen molar-refractivity contribution in [2.75, 3.05) is 24.2 Å². The topological polar surface area (TPSA) is 139 Å². The second kappa shape index (κ2) is 8.69. The SMILES string of the molecule is CNc1cc(Nc2cccn(-c3cc(F)ccn3)c2=O)nn2c(C(=O)N[C@@H]3CN(C4CC4)C3=O)cnc12. The van der Waals surface area contributed by atoms with Gasteiger partial charge in [-0.1, -0.05) is 0 Å². The number of hydrogen-bond donors (Lipinski definition) is 3. The number of likely N-dealkylation sites (tertiary alicyclic amines) is 1. The number of β-lactam (4-membered cyclic amide) rings is 1. The van der Waals surface area contributed by atoms with Crippen LogP contribution in [0.2, 0.25) is 0 Å². The van der Waals surface area contributed by atoms with Crippen LogP contribution in [0.4, 0.5) is 21.6 Å². The summed E-state index contributed by atoms with van der Waals surface area (Å²) in [5.41, 5.74) is 0.781. The zero-order valence-electron chi connectivity index (χ0n) is 19.7. The molecule has 188 valence electrons. The highest BCUT2D eigenvalue weighted by Crippen LogP contribution is 2.31. The lowest BCUT2D eigenvalue weighted by Gasteiger charge is -2.38. The maximum absolute atomic E-state index is 13.7. The van der Waals surface area contributed by atoms with E-state index >= 15 is 0 Å². The van der Waals surface area contributed by atoms with Gasteiger partial charge in [0.25, 0.3) is 11.5 Å². The second-order valence-electron chi connectivity index (χ2n) is 8.87. The number of carbonyl (C=O) groups excluding carboxylic acids is 2. The Morgan fingerprint density at radius 3 is 2.70 bits per heavy atom. The number of imidazole rings is 1. The molecule has 1 saturated heterocycles. The number of amides is 2. The van der Waals surface area contributed by atoms with E-state index in [4.69, 9.17) is 0 Å². The average molecular weight is 503 g/mol. The maximum atomic E-state index is 13.7. The largest absolute Gasteiger partial charge is 0.385 e. The van der Waals surface area contributed by atoms with Crippen LogP contribution < -0.4 is 21.5 Å². The van der Waals surface area contributed by atoms with Crippen molar-refractivity contribution < 1.29 is 14.0 Å². The first-order chi connectivity index (χ1) is 17.9. The van der Waals surface area contributed by atoms with Gasteiger partial charge in [-0.05, 0) is 31.0 Å². The number of halogens is 1. The molecule has 0 radical (unpaired) electrons. The van der Waals surface area contributed by atoms with Crippen molar-refractivity contribution in [1.29, 1.82) is 0 Å². The van der Waals surface area contributed by atoms with Crippen LogP contribution in [0.1, 0.15) is 23.3 Å². The Morgan fingerprint density at radius 1 is 1.14 bits per heavy atom. The smallest absolute Gasteiger partial charge is 0.279 e. The molecular weight excluding hydrogens is 481 g/mol. The molecule has 1 saturated carbocycles. The van der Waals surface area contributed by atoms with Crippen LogP contribution in [-0.2, 0) is 4.79 Å². The minimum absolute atomic E-state index is 0.0796. The molecule has 4 aromatic heterocycles. The third-order valence-electron chi connectivity index (χ3n) is 6.39. The molecule has 0 bridgehead atoms. The van der Waals surface area contributed by atoms with Crippen LogP contribution in [0.25, 0.3) is 11.5 Å². The molecule has 12 nitrogen and oxygen atoms in total. The molecule has 0 aromatic carbocycles. The summed E-state index contributed by atoms with van der Waals surface area (Å²) in [6, 6.07) is 6.90. The molecule has 2 amide bonds. The number of pyridine rings is 2. The quantitative estimate of drug-likeness (QED) is 0.321. The Balaban J connectivity index is 1.29. The molecule has 4 aromatic rings. The molecule has 37 heavy (non-hydrogen) atoms. The summed E-state index contributed by atoms with van der Waals surface area (Å²) in [4.78, 5) is 48.6. The lowest BCUT2D eigenvalue weighted by molar-refractivity contribution is -0.144. The summed E-state index contributed by atoms with van der Waals surface area (Å²) in [6.07, 6.45) is 6.16. The Hall–Kier alpha value is -4.81. The molecular formula is C24H22FN9O3. The Kier molecular flexibility index (Phi) is 5.32. The van der Waals surface area contributed by atoms with Crippen molar-refractivity contribution in [3.63, 3.8) is 0 Å². The van der Waals surface area contributed by atoms with Gasteiger partial charge >= 0.3 is 0 Å². The first-order valence-electron chi connectivity index (χ1n) is 11.7. The van der Waals surface area contributed by atoms with Crippen molar-refractivity contribution in [3.05, 3.63) is 70.8 Å². The van der Waals surface area contributed by atoms with Gasteiger partial charge in [0.05, 0.1) is 18.4 Å². The van der Waals surface area contributed by atoms with Gasteiger partial charge < -0.3 is 20.9 Å². The third kappa shape index (κ3) is 4.03. The van der Waals surface area contributed by atoms with E-state index in [0.717, 1.165) is 18.9 Å². The van der Waals surface area contributed by atoms with Gasteiger partial charge in [-0.2, -0.15) is 0 Å². The van der Waals surface area contributed by atoms with E-state index in [1.54, 1.807) is 30.1 Å². The number of rotatable bonds is 7. The molecule has 1 aliphatic heterocycles. The normalized spacial score (nSPS) is 17.0. The summed E-state index contributed by atoms with van der Waals surface area (Å²) in [5.74, 6) is -0.690. The fraction of sp³-hybridized carbons (Fsp3) is 0.250.